The molecule has 0 fully saturated rings. The number of methoxy groups -OCH3 is 2. The van der Waals surface area contributed by atoms with Gasteiger partial charge < -0.3 is 14.8 Å². The molecule has 2 aromatic carbocycles. The average molecular weight is 382 g/mol. The SMILES string of the molecule is COc1ccc(OC)c(-c2csc(NC(=O)C[C@@H](C)c3ccccc3)n2)c1. The Kier molecular flexibility index (Phi) is 6.08. The van der Waals surface area contributed by atoms with E-state index in [1.807, 2.05) is 60.8 Å². The molecule has 0 bridgehead atoms. The molecule has 140 valence electrons. The molecular formula is C21H22N2O3S. The molecule has 0 aliphatic carbocycles. The van der Waals surface area contributed by atoms with Crippen molar-refractivity contribution in [2.45, 2.75) is 19.3 Å². The molecule has 0 saturated heterocycles. The fourth-order valence-electron chi connectivity index (χ4n) is 2.82. The number of carbonyl (C=O) groups excluding carboxylic acids is 1. The summed E-state index contributed by atoms with van der Waals surface area (Å²) in [4.78, 5) is 16.9. The lowest BCUT2D eigenvalue weighted by Gasteiger charge is -2.11. The number of hydrogen-bond acceptors (Lipinski definition) is 5. The number of amides is 1. The normalized spacial score (nSPS) is 11.7. The van der Waals surface area contributed by atoms with E-state index < -0.39 is 0 Å². The van der Waals surface area contributed by atoms with Crippen LogP contribution in [0.15, 0.2) is 53.9 Å². The number of carbonyl (C=O) groups is 1. The standard InChI is InChI=1S/C21H22N2O3S/c1-14(15-7-5-4-6-8-15)11-20(24)23-21-22-18(13-27-21)17-12-16(25-2)9-10-19(17)26-3/h4-10,12-14H,11H2,1-3H3,(H,22,23,24)/t14-/m1/s1. The maximum absolute atomic E-state index is 12.4. The van der Waals surface area contributed by atoms with Crippen molar-refractivity contribution in [2.75, 3.05) is 19.5 Å². The quantitative estimate of drug-likeness (QED) is 0.627. The van der Waals surface area contributed by atoms with Crippen molar-refractivity contribution in [1.82, 2.24) is 4.98 Å². The Morgan fingerprint density at radius 2 is 1.93 bits per heavy atom. The third-order valence-corrected chi connectivity index (χ3v) is 5.05. The Bertz CT molecular complexity index is 909. The summed E-state index contributed by atoms with van der Waals surface area (Å²) < 4.78 is 10.7. The zero-order valence-corrected chi connectivity index (χ0v) is 16.4. The first kappa shape index (κ1) is 18.9. The molecule has 0 unspecified atom stereocenters. The van der Waals surface area contributed by atoms with Gasteiger partial charge in [0.2, 0.25) is 5.91 Å². The molecule has 1 amide bonds. The van der Waals surface area contributed by atoms with E-state index in [1.165, 1.54) is 11.3 Å². The van der Waals surface area contributed by atoms with Crippen LogP contribution in [0.4, 0.5) is 5.13 Å². The van der Waals surface area contributed by atoms with Crippen LogP contribution in [0.5, 0.6) is 11.5 Å². The van der Waals surface area contributed by atoms with Crippen LogP contribution in [-0.4, -0.2) is 25.1 Å². The molecule has 1 atom stereocenters. The molecule has 5 nitrogen and oxygen atoms in total. The van der Waals surface area contributed by atoms with E-state index in [-0.39, 0.29) is 11.8 Å². The number of ether oxygens (including phenoxy) is 2. The second kappa shape index (κ2) is 8.68. The summed E-state index contributed by atoms with van der Waals surface area (Å²) in [5.74, 6) is 1.52. The summed E-state index contributed by atoms with van der Waals surface area (Å²) in [6.45, 7) is 2.04. The number of aromatic nitrogens is 1. The van der Waals surface area contributed by atoms with Gasteiger partial charge in [0.15, 0.2) is 5.13 Å². The van der Waals surface area contributed by atoms with Gasteiger partial charge in [-0.2, -0.15) is 0 Å². The molecule has 3 rings (SSSR count). The zero-order valence-electron chi connectivity index (χ0n) is 15.6. The number of thiazole rings is 1. The van der Waals surface area contributed by atoms with Crippen molar-refractivity contribution < 1.29 is 14.3 Å². The van der Waals surface area contributed by atoms with Gasteiger partial charge in [0.25, 0.3) is 0 Å². The second-order valence-electron chi connectivity index (χ2n) is 6.17. The predicted molar refractivity (Wildman–Crippen MR) is 109 cm³/mol. The number of nitrogens with zero attached hydrogens (tertiary/aromatic N) is 1. The smallest absolute Gasteiger partial charge is 0.226 e. The molecule has 1 heterocycles. The van der Waals surface area contributed by atoms with Gasteiger partial charge in [0, 0.05) is 17.4 Å². The van der Waals surface area contributed by atoms with Crippen LogP contribution in [0.25, 0.3) is 11.3 Å². The van der Waals surface area contributed by atoms with Crippen molar-refractivity contribution >= 4 is 22.4 Å². The van der Waals surface area contributed by atoms with Crippen LogP contribution < -0.4 is 14.8 Å². The van der Waals surface area contributed by atoms with Crippen LogP contribution >= 0.6 is 11.3 Å². The van der Waals surface area contributed by atoms with E-state index in [2.05, 4.69) is 10.3 Å². The number of nitrogens with one attached hydrogen (secondary N) is 1. The summed E-state index contributed by atoms with van der Waals surface area (Å²) in [6.07, 6.45) is 0.404. The van der Waals surface area contributed by atoms with Crippen LogP contribution in [-0.2, 0) is 4.79 Å². The van der Waals surface area contributed by atoms with Gasteiger partial charge in [0.1, 0.15) is 11.5 Å². The van der Waals surface area contributed by atoms with Crippen molar-refractivity contribution in [3.63, 3.8) is 0 Å². The van der Waals surface area contributed by atoms with Crippen LogP contribution in [0, 0.1) is 0 Å². The molecule has 1 N–H and O–H groups in total. The molecular weight excluding hydrogens is 360 g/mol. The number of benzene rings is 2. The Morgan fingerprint density at radius 3 is 2.63 bits per heavy atom. The molecule has 3 aromatic rings. The first-order valence-electron chi connectivity index (χ1n) is 8.63. The minimum absolute atomic E-state index is 0.0511. The summed E-state index contributed by atoms with van der Waals surface area (Å²) >= 11 is 1.39. The molecule has 0 aliphatic heterocycles. The summed E-state index contributed by atoms with van der Waals surface area (Å²) in [5, 5.41) is 5.36. The first-order chi connectivity index (χ1) is 13.1. The van der Waals surface area contributed by atoms with Gasteiger partial charge >= 0.3 is 0 Å². The maximum atomic E-state index is 12.4. The monoisotopic (exact) mass is 382 g/mol. The van der Waals surface area contributed by atoms with E-state index >= 15 is 0 Å². The highest BCUT2D eigenvalue weighted by atomic mass is 32.1. The topological polar surface area (TPSA) is 60.5 Å². The Hall–Kier alpha value is -2.86. The average Bonchev–Trinajstić information content (AvgIpc) is 3.16. The lowest BCUT2D eigenvalue weighted by Crippen LogP contribution is -2.14. The summed E-state index contributed by atoms with van der Waals surface area (Å²) in [5.41, 5.74) is 2.71. The van der Waals surface area contributed by atoms with Crippen molar-refractivity contribution in [3.8, 4) is 22.8 Å². The van der Waals surface area contributed by atoms with Gasteiger partial charge in [-0.3, -0.25) is 4.79 Å². The Labute approximate surface area is 163 Å². The highest BCUT2D eigenvalue weighted by Gasteiger charge is 2.15. The molecule has 27 heavy (non-hydrogen) atoms. The van der Waals surface area contributed by atoms with E-state index in [0.717, 1.165) is 22.6 Å². The van der Waals surface area contributed by atoms with Gasteiger partial charge in [-0.25, -0.2) is 4.98 Å². The van der Waals surface area contributed by atoms with E-state index in [4.69, 9.17) is 9.47 Å². The van der Waals surface area contributed by atoms with Crippen molar-refractivity contribution in [2.24, 2.45) is 0 Å². The lowest BCUT2D eigenvalue weighted by atomic mass is 9.98. The minimum atomic E-state index is -0.0511. The van der Waals surface area contributed by atoms with Gasteiger partial charge in [-0.05, 0) is 29.7 Å². The van der Waals surface area contributed by atoms with Gasteiger partial charge in [-0.1, -0.05) is 37.3 Å². The molecule has 0 radical (unpaired) electrons. The molecule has 0 aliphatic rings. The fraction of sp³-hybridized carbons (Fsp3) is 0.238. The fourth-order valence-corrected chi connectivity index (χ4v) is 3.54. The van der Waals surface area contributed by atoms with E-state index in [0.29, 0.717) is 17.3 Å². The number of rotatable bonds is 7. The van der Waals surface area contributed by atoms with Crippen molar-refractivity contribution in [3.05, 3.63) is 59.5 Å². The molecule has 1 aromatic heterocycles. The minimum Gasteiger partial charge on any atom is -0.497 e. The Morgan fingerprint density at radius 1 is 1.15 bits per heavy atom. The first-order valence-corrected chi connectivity index (χ1v) is 9.51. The summed E-state index contributed by atoms with van der Waals surface area (Å²) in [7, 11) is 3.23. The largest absolute Gasteiger partial charge is 0.497 e. The van der Waals surface area contributed by atoms with E-state index in [1.54, 1.807) is 14.2 Å². The van der Waals surface area contributed by atoms with E-state index in [9.17, 15) is 4.79 Å². The van der Waals surface area contributed by atoms with Crippen molar-refractivity contribution in [1.29, 1.82) is 0 Å². The highest BCUT2D eigenvalue weighted by Crippen LogP contribution is 2.35. The van der Waals surface area contributed by atoms with Crippen LogP contribution in [0.1, 0.15) is 24.8 Å². The van der Waals surface area contributed by atoms with Crippen LogP contribution in [0.3, 0.4) is 0 Å². The second-order valence-corrected chi connectivity index (χ2v) is 7.03. The zero-order chi connectivity index (χ0) is 19.2. The van der Waals surface area contributed by atoms with Crippen LogP contribution in [0.2, 0.25) is 0 Å². The maximum Gasteiger partial charge on any atom is 0.226 e. The molecule has 6 heteroatoms. The van der Waals surface area contributed by atoms with Gasteiger partial charge in [-0.15, -0.1) is 11.3 Å². The molecule has 0 spiro atoms. The lowest BCUT2D eigenvalue weighted by molar-refractivity contribution is -0.116. The molecule has 0 saturated carbocycles. The number of anilines is 1. The number of hydrogen-bond donors (Lipinski definition) is 1. The predicted octanol–water partition coefficient (Wildman–Crippen LogP) is 4.96. The van der Waals surface area contributed by atoms with Gasteiger partial charge in [0.05, 0.1) is 19.9 Å². The third kappa shape index (κ3) is 4.65. The summed E-state index contributed by atoms with van der Waals surface area (Å²) in [6, 6.07) is 15.6. The third-order valence-electron chi connectivity index (χ3n) is 4.29. The Balaban J connectivity index is 1.70. The highest BCUT2D eigenvalue weighted by molar-refractivity contribution is 7.14.